The Bertz CT molecular complexity index is 1340. The van der Waals surface area contributed by atoms with E-state index in [1.807, 2.05) is 30.4 Å². The molecular formula is C28H30N8O. The molecule has 0 amide bonds. The monoisotopic (exact) mass is 494 g/mol. The summed E-state index contributed by atoms with van der Waals surface area (Å²) in [6, 6.07) is 5.80. The third kappa shape index (κ3) is 3.85. The number of rotatable bonds is 4. The summed E-state index contributed by atoms with van der Waals surface area (Å²) in [4.78, 5) is 18.6. The van der Waals surface area contributed by atoms with Crippen LogP contribution in [0.1, 0.15) is 64.3 Å². The van der Waals surface area contributed by atoms with Gasteiger partial charge in [0.1, 0.15) is 16.8 Å². The minimum absolute atomic E-state index is 0.149. The van der Waals surface area contributed by atoms with Crippen LogP contribution in [-0.4, -0.2) is 47.9 Å². The van der Waals surface area contributed by atoms with Crippen LogP contribution in [0.4, 0.5) is 0 Å². The fraction of sp³-hybridized carbons (Fsp3) is 0.357. The molecule has 0 aliphatic carbocycles. The van der Waals surface area contributed by atoms with E-state index in [4.69, 9.17) is 9.98 Å². The lowest BCUT2D eigenvalue weighted by Gasteiger charge is -2.42. The Hall–Kier alpha value is -4.14. The van der Waals surface area contributed by atoms with Crippen molar-refractivity contribution in [2.24, 2.45) is 20.8 Å². The Balaban J connectivity index is 1.70. The van der Waals surface area contributed by atoms with Crippen molar-refractivity contribution in [2.75, 3.05) is 0 Å². The molecule has 1 N–H and O–H groups in total. The fourth-order valence-corrected chi connectivity index (χ4v) is 5.03. The highest BCUT2D eigenvalue weighted by atomic mass is 16.3. The molecule has 0 saturated heterocycles. The van der Waals surface area contributed by atoms with Crippen molar-refractivity contribution in [1.82, 2.24) is 30.4 Å². The number of aliphatic imine (C=N–C) groups is 2. The number of hydrogen-bond donors (Lipinski definition) is 1. The van der Waals surface area contributed by atoms with Crippen LogP contribution >= 0.6 is 0 Å². The highest BCUT2D eigenvalue weighted by Crippen LogP contribution is 2.55. The first-order chi connectivity index (χ1) is 17.5. The van der Waals surface area contributed by atoms with Crippen LogP contribution in [0.2, 0.25) is 0 Å². The van der Waals surface area contributed by atoms with Gasteiger partial charge in [-0.25, -0.2) is 9.97 Å². The lowest BCUT2D eigenvalue weighted by Crippen LogP contribution is -2.38. The Morgan fingerprint density at radius 2 is 1.08 bits per heavy atom. The molecule has 2 aromatic heterocycles. The summed E-state index contributed by atoms with van der Waals surface area (Å²) in [5.41, 5.74) is 0.395. The molecule has 2 aliphatic heterocycles. The van der Waals surface area contributed by atoms with Gasteiger partial charge in [-0.05, 0) is 23.0 Å². The van der Waals surface area contributed by atoms with Gasteiger partial charge in [-0.2, -0.15) is 10.2 Å². The van der Waals surface area contributed by atoms with Crippen molar-refractivity contribution in [2.45, 2.75) is 52.6 Å². The van der Waals surface area contributed by atoms with E-state index in [1.165, 1.54) is 12.4 Å². The Morgan fingerprint density at radius 3 is 1.43 bits per heavy atom. The standard InChI is InChI=1S/C28H30N8O/c1-25(2,3)27(14-18(16-31-27)23-29-10-12-33-35-23)20-8-7-9-21(22(20)37)28(26(4,5)6)15-19(17-32-28)24-30-11-13-34-36-24/h7-17,37H,1-6H3. The first-order valence-electron chi connectivity index (χ1n) is 12.2. The number of benzene rings is 1. The number of phenolic OH excluding ortho intramolecular Hbond substituents is 1. The summed E-state index contributed by atoms with van der Waals surface area (Å²) in [6.45, 7) is 12.6. The van der Waals surface area contributed by atoms with Crippen molar-refractivity contribution in [3.05, 3.63) is 77.9 Å². The van der Waals surface area contributed by atoms with Gasteiger partial charge in [-0.15, -0.1) is 10.2 Å². The van der Waals surface area contributed by atoms with Crippen LogP contribution in [0.5, 0.6) is 5.75 Å². The van der Waals surface area contributed by atoms with Crippen molar-refractivity contribution < 1.29 is 5.11 Å². The molecule has 0 spiro atoms. The maximum atomic E-state index is 12.0. The number of aromatic nitrogens is 6. The van der Waals surface area contributed by atoms with Gasteiger partial charge in [0.25, 0.3) is 0 Å². The molecule has 188 valence electrons. The lowest BCUT2D eigenvalue weighted by molar-refractivity contribution is 0.231. The van der Waals surface area contributed by atoms with Crippen LogP contribution in [0.25, 0.3) is 11.1 Å². The van der Waals surface area contributed by atoms with E-state index < -0.39 is 11.1 Å². The number of aromatic hydroxyl groups is 1. The van der Waals surface area contributed by atoms with Gasteiger partial charge in [0.2, 0.25) is 0 Å². The number of allylic oxidation sites excluding steroid dienone is 2. The number of phenols is 1. The fourth-order valence-electron chi connectivity index (χ4n) is 5.03. The maximum Gasteiger partial charge on any atom is 0.183 e. The summed E-state index contributed by atoms with van der Waals surface area (Å²) in [7, 11) is 0. The van der Waals surface area contributed by atoms with Crippen LogP contribution < -0.4 is 0 Å². The van der Waals surface area contributed by atoms with Gasteiger partial charge in [0.15, 0.2) is 11.6 Å². The molecule has 0 radical (unpaired) electrons. The molecule has 3 aromatic rings. The van der Waals surface area contributed by atoms with Gasteiger partial charge >= 0.3 is 0 Å². The molecule has 2 atom stereocenters. The smallest absolute Gasteiger partial charge is 0.183 e. The molecule has 0 fully saturated rings. The zero-order valence-corrected chi connectivity index (χ0v) is 21.9. The highest BCUT2D eigenvalue weighted by Gasteiger charge is 2.50. The summed E-state index contributed by atoms with van der Waals surface area (Å²) >= 11 is 0. The van der Waals surface area contributed by atoms with Gasteiger partial charge in [0, 0.05) is 47.1 Å². The highest BCUT2D eigenvalue weighted by molar-refractivity contribution is 6.11. The van der Waals surface area contributed by atoms with E-state index in [0.717, 1.165) is 11.1 Å². The van der Waals surface area contributed by atoms with Gasteiger partial charge in [-0.1, -0.05) is 59.7 Å². The minimum Gasteiger partial charge on any atom is -0.507 e. The van der Waals surface area contributed by atoms with E-state index in [-0.39, 0.29) is 16.6 Å². The zero-order valence-electron chi connectivity index (χ0n) is 21.9. The van der Waals surface area contributed by atoms with Crippen LogP contribution in [-0.2, 0) is 11.1 Å². The predicted molar refractivity (Wildman–Crippen MR) is 143 cm³/mol. The summed E-state index contributed by atoms with van der Waals surface area (Å²) in [5, 5.41) is 28.2. The second-order valence-corrected chi connectivity index (χ2v) is 11.4. The second-order valence-electron chi connectivity index (χ2n) is 11.4. The molecule has 2 unspecified atom stereocenters. The van der Waals surface area contributed by atoms with E-state index in [1.54, 1.807) is 24.8 Å². The number of nitrogens with zero attached hydrogens (tertiary/aromatic N) is 8. The molecule has 9 heteroatoms. The molecule has 5 rings (SSSR count). The molecule has 2 aliphatic rings. The third-order valence-electron chi connectivity index (χ3n) is 7.17. The number of para-hydroxylation sites is 1. The van der Waals surface area contributed by atoms with Gasteiger partial charge < -0.3 is 5.11 Å². The molecular weight excluding hydrogens is 464 g/mol. The van der Waals surface area contributed by atoms with Crippen LogP contribution in [0, 0.1) is 10.8 Å². The zero-order chi connectivity index (χ0) is 26.5. The first-order valence-corrected chi connectivity index (χ1v) is 12.2. The SMILES string of the molecule is CC(C)(C)C1(c2cccc(C3(C(C)(C)C)C=C(c4nccnn4)C=N3)c2O)C=C(c2nccnn2)C=N1. The largest absolute Gasteiger partial charge is 0.507 e. The summed E-state index contributed by atoms with van der Waals surface area (Å²) in [6.07, 6.45) is 13.9. The third-order valence-corrected chi connectivity index (χ3v) is 7.17. The molecule has 9 nitrogen and oxygen atoms in total. The van der Waals surface area contributed by atoms with E-state index >= 15 is 0 Å². The Labute approximate surface area is 216 Å². The van der Waals surface area contributed by atoms with Crippen molar-refractivity contribution in [3.63, 3.8) is 0 Å². The predicted octanol–water partition coefficient (Wildman–Crippen LogP) is 4.58. The van der Waals surface area contributed by atoms with Crippen molar-refractivity contribution >= 4 is 23.6 Å². The average Bonchev–Trinajstić information content (AvgIpc) is 3.52. The van der Waals surface area contributed by atoms with Crippen molar-refractivity contribution in [1.29, 1.82) is 0 Å². The Morgan fingerprint density at radius 1 is 0.649 bits per heavy atom. The van der Waals surface area contributed by atoms with E-state index in [9.17, 15) is 5.11 Å². The minimum atomic E-state index is -0.859. The Kier molecular flexibility index (Phi) is 5.62. The molecule has 0 bridgehead atoms. The number of hydrogen-bond acceptors (Lipinski definition) is 9. The quantitative estimate of drug-likeness (QED) is 0.563. The first kappa shape index (κ1) is 24.5. The van der Waals surface area contributed by atoms with Crippen LogP contribution in [0.15, 0.2) is 65.1 Å². The second kappa shape index (κ2) is 8.47. The summed E-state index contributed by atoms with van der Waals surface area (Å²) in [5.74, 6) is 1.13. The molecule has 37 heavy (non-hydrogen) atoms. The lowest BCUT2D eigenvalue weighted by atomic mass is 9.66. The van der Waals surface area contributed by atoms with Gasteiger partial charge in [-0.3, -0.25) is 9.98 Å². The van der Waals surface area contributed by atoms with Crippen molar-refractivity contribution in [3.8, 4) is 5.75 Å². The van der Waals surface area contributed by atoms with Crippen LogP contribution in [0.3, 0.4) is 0 Å². The molecule has 4 heterocycles. The van der Waals surface area contributed by atoms with E-state index in [0.29, 0.717) is 22.8 Å². The molecule has 0 saturated carbocycles. The normalized spacial score (nSPS) is 23.3. The topological polar surface area (TPSA) is 122 Å². The van der Waals surface area contributed by atoms with E-state index in [2.05, 4.69) is 71.9 Å². The summed E-state index contributed by atoms with van der Waals surface area (Å²) < 4.78 is 0. The molecule has 1 aromatic carbocycles. The van der Waals surface area contributed by atoms with Gasteiger partial charge in [0.05, 0.1) is 12.4 Å². The average molecular weight is 495 g/mol. The maximum absolute atomic E-state index is 12.0.